The summed E-state index contributed by atoms with van der Waals surface area (Å²) in [6.45, 7) is 2.68. The van der Waals surface area contributed by atoms with E-state index >= 15 is 0 Å². The van der Waals surface area contributed by atoms with Gasteiger partial charge in [0.05, 0.1) is 0 Å². The summed E-state index contributed by atoms with van der Waals surface area (Å²) in [6.07, 6.45) is 5.47. The van der Waals surface area contributed by atoms with Crippen LogP contribution in [0.5, 0.6) is 0 Å². The first-order chi connectivity index (χ1) is 10.2. The molecular weight excluding hydrogens is 319 g/mol. The first kappa shape index (κ1) is 17.6. The maximum Gasteiger partial charge on any atom is 0.223 e. The normalized spacial score (nSPS) is 20.6. The summed E-state index contributed by atoms with van der Waals surface area (Å²) in [7, 11) is 0. The first-order valence-corrected chi connectivity index (χ1v) is 8.32. The summed E-state index contributed by atoms with van der Waals surface area (Å²) in [5, 5.41) is 7.28. The van der Waals surface area contributed by atoms with Gasteiger partial charge in [-0.1, -0.05) is 30.2 Å². The zero-order valence-corrected chi connectivity index (χ0v) is 14.3. The Balaban J connectivity index is 0.00000176. The highest BCUT2D eigenvalue weighted by Gasteiger charge is 2.39. The van der Waals surface area contributed by atoms with Gasteiger partial charge in [0.25, 0.3) is 0 Å². The summed E-state index contributed by atoms with van der Waals surface area (Å²) in [4.78, 5) is 12.3. The topological polar surface area (TPSA) is 41.1 Å². The molecule has 1 saturated carbocycles. The van der Waals surface area contributed by atoms with E-state index in [0.717, 1.165) is 50.3 Å². The highest BCUT2D eigenvalue weighted by Crippen LogP contribution is 2.43. The number of halogens is 2. The molecule has 0 bridgehead atoms. The first-order valence-electron chi connectivity index (χ1n) is 7.94. The average Bonchev–Trinajstić information content (AvgIpc) is 2.48. The van der Waals surface area contributed by atoms with E-state index in [0.29, 0.717) is 0 Å². The van der Waals surface area contributed by atoms with Crippen LogP contribution in [0.4, 0.5) is 0 Å². The zero-order chi connectivity index (χ0) is 14.7. The minimum Gasteiger partial charge on any atom is -0.355 e. The van der Waals surface area contributed by atoms with Crippen molar-refractivity contribution in [3.63, 3.8) is 0 Å². The third kappa shape index (κ3) is 3.76. The number of piperidine rings is 1. The van der Waals surface area contributed by atoms with Gasteiger partial charge < -0.3 is 10.6 Å². The number of hydrogen-bond acceptors (Lipinski definition) is 2. The van der Waals surface area contributed by atoms with Crippen molar-refractivity contribution in [2.45, 2.75) is 37.5 Å². The van der Waals surface area contributed by atoms with Crippen molar-refractivity contribution in [3.8, 4) is 0 Å². The molecule has 1 aliphatic carbocycles. The number of hydrogen-bond donors (Lipinski definition) is 2. The van der Waals surface area contributed by atoms with Crippen molar-refractivity contribution in [2.75, 3.05) is 19.6 Å². The second kappa shape index (κ2) is 7.67. The van der Waals surface area contributed by atoms with E-state index in [9.17, 15) is 4.79 Å². The van der Waals surface area contributed by atoms with Gasteiger partial charge >= 0.3 is 0 Å². The molecule has 1 aromatic rings. The maximum absolute atomic E-state index is 12.3. The maximum atomic E-state index is 12.3. The van der Waals surface area contributed by atoms with Gasteiger partial charge in [-0.15, -0.1) is 12.4 Å². The quantitative estimate of drug-likeness (QED) is 0.881. The molecule has 3 rings (SSSR count). The summed E-state index contributed by atoms with van der Waals surface area (Å²) >= 11 is 5.98. The van der Waals surface area contributed by atoms with Crippen LogP contribution in [0.2, 0.25) is 5.02 Å². The van der Waals surface area contributed by atoms with E-state index in [1.54, 1.807) is 0 Å². The predicted octanol–water partition coefficient (Wildman–Crippen LogP) is 3.30. The molecule has 5 heteroatoms. The van der Waals surface area contributed by atoms with Crippen molar-refractivity contribution < 1.29 is 4.79 Å². The number of rotatable bonds is 4. The lowest BCUT2D eigenvalue weighted by molar-refractivity contribution is -0.126. The van der Waals surface area contributed by atoms with E-state index in [-0.39, 0.29) is 29.6 Å². The lowest BCUT2D eigenvalue weighted by atomic mass is 9.64. The van der Waals surface area contributed by atoms with Crippen LogP contribution in [-0.2, 0) is 10.2 Å². The Morgan fingerprint density at radius 2 is 1.86 bits per heavy atom. The molecule has 2 N–H and O–H groups in total. The highest BCUT2D eigenvalue weighted by molar-refractivity contribution is 6.30. The van der Waals surface area contributed by atoms with Crippen LogP contribution >= 0.6 is 24.0 Å². The molecular formula is C17H24Cl2N2O. The van der Waals surface area contributed by atoms with Crippen molar-refractivity contribution in [1.29, 1.82) is 0 Å². The van der Waals surface area contributed by atoms with Crippen LogP contribution in [0.1, 0.15) is 37.7 Å². The molecule has 122 valence electrons. The second-order valence-electron chi connectivity index (χ2n) is 6.38. The molecule has 0 radical (unpaired) electrons. The average molecular weight is 343 g/mol. The standard InChI is InChI=1S/C17H23ClN2O.ClH/c18-15-4-2-14(3-5-15)17(8-1-9-17)12-20-16(21)13-6-10-19-11-7-13;/h2-5,13,19H,1,6-12H2,(H,20,21);1H. The van der Waals surface area contributed by atoms with Gasteiger partial charge in [-0.25, -0.2) is 0 Å². The zero-order valence-electron chi connectivity index (χ0n) is 12.7. The van der Waals surface area contributed by atoms with Gasteiger partial charge in [-0.2, -0.15) is 0 Å². The fourth-order valence-corrected chi connectivity index (χ4v) is 3.59. The number of amides is 1. The minimum absolute atomic E-state index is 0. The van der Waals surface area contributed by atoms with Crippen molar-refractivity contribution in [2.24, 2.45) is 5.92 Å². The van der Waals surface area contributed by atoms with Gasteiger partial charge in [0.15, 0.2) is 0 Å². The van der Waals surface area contributed by atoms with E-state index in [2.05, 4.69) is 22.8 Å². The van der Waals surface area contributed by atoms with E-state index in [4.69, 9.17) is 11.6 Å². The van der Waals surface area contributed by atoms with Crippen LogP contribution in [-0.4, -0.2) is 25.5 Å². The third-order valence-corrected chi connectivity index (χ3v) is 5.33. The number of benzene rings is 1. The Morgan fingerprint density at radius 1 is 1.23 bits per heavy atom. The second-order valence-corrected chi connectivity index (χ2v) is 6.82. The van der Waals surface area contributed by atoms with E-state index in [1.807, 2.05) is 12.1 Å². The largest absolute Gasteiger partial charge is 0.355 e. The summed E-state index contributed by atoms with van der Waals surface area (Å²) in [6, 6.07) is 8.12. The minimum atomic E-state index is 0. The summed E-state index contributed by atoms with van der Waals surface area (Å²) < 4.78 is 0. The van der Waals surface area contributed by atoms with Crippen molar-refractivity contribution in [1.82, 2.24) is 10.6 Å². The molecule has 3 nitrogen and oxygen atoms in total. The van der Waals surface area contributed by atoms with Gasteiger partial charge in [0.1, 0.15) is 0 Å². The van der Waals surface area contributed by atoms with Crippen LogP contribution in [0.15, 0.2) is 24.3 Å². The van der Waals surface area contributed by atoms with Crippen molar-refractivity contribution in [3.05, 3.63) is 34.9 Å². The molecule has 0 unspecified atom stereocenters. The Morgan fingerprint density at radius 3 is 2.41 bits per heavy atom. The molecule has 1 aromatic carbocycles. The molecule has 2 aliphatic rings. The SMILES string of the molecule is Cl.O=C(NCC1(c2ccc(Cl)cc2)CCC1)C1CCNCC1. The smallest absolute Gasteiger partial charge is 0.223 e. The Bertz CT molecular complexity index is 494. The fourth-order valence-electron chi connectivity index (χ4n) is 3.46. The predicted molar refractivity (Wildman–Crippen MR) is 92.8 cm³/mol. The molecule has 0 atom stereocenters. The van der Waals surface area contributed by atoms with Gasteiger partial charge in [0, 0.05) is 22.9 Å². The lowest BCUT2D eigenvalue weighted by Gasteiger charge is -2.43. The van der Waals surface area contributed by atoms with Crippen molar-refractivity contribution >= 4 is 29.9 Å². The monoisotopic (exact) mass is 342 g/mol. The Labute approximate surface area is 143 Å². The molecule has 0 aromatic heterocycles. The Hall–Kier alpha value is -0.770. The van der Waals surface area contributed by atoms with Gasteiger partial charge in [0.2, 0.25) is 5.91 Å². The van der Waals surface area contributed by atoms with Gasteiger partial charge in [-0.3, -0.25) is 4.79 Å². The number of carbonyl (C=O) groups is 1. The number of nitrogens with one attached hydrogen (secondary N) is 2. The molecule has 1 amide bonds. The molecule has 1 aliphatic heterocycles. The van der Waals surface area contributed by atoms with Crippen LogP contribution in [0.3, 0.4) is 0 Å². The highest BCUT2D eigenvalue weighted by atomic mass is 35.5. The van der Waals surface area contributed by atoms with Crippen LogP contribution < -0.4 is 10.6 Å². The molecule has 2 fully saturated rings. The van der Waals surface area contributed by atoms with E-state index < -0.39 is 0 Å². The molecule has 0 spiro atoms. The summed E-state index contributed by atoms with van der Waals surface area (Å²) in [5.41, 5.74) is 1.44. The lowest BCUT2D eigenvalue weighted by Crippen LogP contribution is -2.48. The van der Waals surface area contributed by atoms with E-state index in [1.165, 1.54) is 12.0 Å². The third-order valence-electron chi connectivity index (χ3n) is 5.08. The summed E-state index contributed by atoms with van der Waals surface area (Å²) in [5.74, 6) is 0.422. The van der Waals surface area contributed by atoms with Gasteiger partial charge in [-0.05, 0) is 56.5 Å². The van der Waals surface area contributed by atoms with Crippen LogP contribution in [0.25, 0.3) is 0 Å². The molecule has 1 heterocycles. The number of carbonyl (C=O) groups excluding carboxylic acids is 1. The Kier molecular flexibility index (Phi) is 6.13. The van der Waals surface area contributed by atoms with Crippen LogP contribution in [0, 0.1) is 5.92 Å². The fraction of sp³-hybridized carbons (Fsp3) is 0.588. The molecule has 22 heavy (non-hydrogen) atoms. The molecule has 1 saturated heterocycles.